The minimum Gasteiger partial charge on any atom is -0.493 e. The van der Waals surface area contributed by atoms with Gasteiger partial charge in [-0.05, 0) is 30.7 Å². The van der Waals surface area contributed by atoms with Crippen LogP contribution in [0, 0.1) is 29.0 Å². The van der Waals surface area contributed by atoms with Gasteiger partial charge in [-0.3, -0.25) is 9.78 Å². The summed E-state index contributed by atoms with van der Waals surface area (Å²) in [6.07, 6.45) is 3.63. The Hall–Kier alpha value is -3.54. The molecule has 1 aromatic heterocycles. The van der Waals surface area contributed by atoms with Crippen molar-refractivity contribution in [1.82, 2.24) is 9.88 Å². The molecule has 3 aromatic rings. The van der Waals surface area contributed by atoms with Crippen LogP contribution in [0.5, 0.6) is 11.5 Å². The highest BCUT2D eigenvalue weighted by Crippen LogP contribution is 2.45. The van der Waals surface area contributed by atoms with Gasteiger partial charge >= 0.3 is 0 Å². The molecule has 3 heterocycles. The van der Waals surface area contributed by atoms with Gasteiger partial charge in [0.15, 0.2) is 17.3 Å². The first-order valence-corrected chi connectivity index (χ1v) is 12.0. The zero-order valence-corrected chi connectivity index (χ0v) is 20.7. The van der Waals surface area contributed by atoms with Gasteiger partial charge in [-0.25, -0.2) is 4.39 Å². The van der Waals surface area contributed by atoms with E-state index in [0.717, 1.165) is 6.42 Å². The molecule has 3 fully saturated rings. The first kappa shape index (κ1) is 24.2. The predicted octanol–water partition coefficient (Wildman–Crippen LogP) is 5.72. The summed E-state index contributed by atoms with van der Waals surface area (Å²) in [6.45, 7) is 4.78. The molecule has 1 aliphatic carbocycles. The van der Waals surface area contributed by atoms with Gasteiger partial charge in [0.25, 0.3) is 0 Å². The Bertz CT molecular complexity index is 1430. The monoisotopic (exact) mass is 526 g/mol. The van der Waals surface area contributed by atoms with E-state index in [9.17, 15) is 14.4 Å². The zero-order chi connectivity index (χ0) is 25.6. The molecule has 3 atom stereocenters. The van der Waals surface area contributed by atoms with Gasteiger partial charge < -0.3 is 19.7 Å². The fourth-order valence-electron chi connectivity index (χ4n) is 4.92. The highest BCUT2D eigenvalue weighted by Gasteiger charge is 2.49. The van der Waals surface area contributed by atoms with Gasteiger partial charge in [0.2, 0.25) is 5.91 Å². The summed E-state index contributed by atoms with van der Waals surface area (Å²) in [7, 11) is 1.54. The Morgan fingerprint density at radius 2 is 2.06 bits per heavy atom. The standard InChI is InChI=1S/C26H21Cl2FN4O3/c1-3-22(34)33-11-13-6-14(12-33)26(13)36-21-7-16-19(8-20(21)35-2)31-10-15(9-30)25(16)32-18-5-4-17(27)23(28)24(18)29/h3-5,7-8,10,13-14,26H,1,6,11-12H2,2H3,(H,31,32)/t13-,14+,26?. The minimum absolute atomic E-state index is 0.0622. The Labute approximate surface area is 217 Å². The number of ether oxygens (including phenoxy) is 2. The molecule has 2 saturated heterocycles. The van der Waals surface area contributed by atoms with Gasteiger partial charge in [0.05, 0.1) is 39.6 Å². The maximum atomic E-state index is 14.8. The third-order valence-corrected chi connectivity index (χ3v) is 7.54. The lowest BCUT2D eigenvalue weighted by Gasteiger charge is -2.52. The summed E-state index contributed by atoms with van der Waals surface area (Å²) in [5.41, 5.74) is 1.15. The highest BCUT2D eigenvalue weighted by molar-refractivity contribution is 6.42. The van der Waals surface area contributed by atoms with Crippen LogP contribution < -0.4 is 14.8 Å². The number of nitriles is 1. The quantitative estimate of drug-likeness (QED) is 0.326. The molecule has 1 N–H and O–H groups in total. The van der Waals surface area contributed by atoms with Crippen LogP contribution >= 0.6 is 23.2 Å². The van der Waals surface area contributed by atoms with E-state index in [0.29, 0.717) is 41.2 Å². The topological polar surface area (TPSA) is 87.5 Å². The number of methoxy groups -OCH3 is 1. The van der Waals surface area contributed by atoms with Gasteiger partial charge in [-0.15, -0.1) is 0 Å². The average Bonchev–Trinajstić information content (AvgIpc) is 2.91. The number of aromatic nitrogens is 1. The van der Waals surface area contributed by atoms with E-state index in [1.165, 1.54) is 31.5 Å². The second-order valence-electron chi connectivity index (χ2n) is 8.81. The molecule has 0 radical (unpaired) electrons. The molecule has 7 nitrogen and oxygen atoms in total. The van der Waals surface area contributed by atoms with Crippen molar-refractivity contribution in [2.75, 3.05) is 25.5 Å². The molecule has 2 bridgehead atoms. The Morgan fingerprint density at radius 1 is 1.31 bits per heavy atom. The number of benzene rings is 2. The molecule has 36 heavy (non-hydrogen) atoms. The predicted molar refractivity (Wildman–Crippen MR) is 136 cm³/mol. The lowest BCUT2D eigenvalue weighted by atomic mass is 9.68. The zero-order valence-electron chi connectivity index (χ0n) is 19.2. The maximum Gasteiger partial charge on any atom is 0.245 e. The number of piperidine rings is 2. The molecule has 1 unspecified atom stereocenters. The first-order valence-electron chi connectivity index (χ1n) is 11.2. The summed E-state index contributed by atoms with van der Waals surface area (Å²) in [5.74, 6) is 0.535. The number of rotatable bonds is 6. The summed E-state index contributed by atoms with van der Waals surface area (Å²) in [6, 6.07) is 8.46. The van der Waals surface area contributed by atoms with Crippen LogP contribution in [-0.4, -0.2) is 42.1 Å². The van der Waals surface area contributed by atoms with E-state index in [4.69, 9.17) is 32.7 Å². The Balaban J connectivity index is 1.52. The van der Waals surface area contributed by atoms with Crippen LogP contribution in [0.15, 0.2) is 43.1 Å². The van der Waals surface area contributed by atoms with Gasteiger partial charge in [0.1, 0.15) is 12.2 Å². The summed E-state index contributed by atoms with van der Waals surface area (Å²) >= 11 is 11.9. The van der Waals surface area contributed by atoms with Crippen molar-refractivity contribution < 1.29 is 18.7 Å². The number of hydrogen-bond donors (Lipinski definition) is 1. The van der Waals surface area contributed by atoms with E-state index >= 15 is 0 Å². The number of anilines is 2. The second-order valence-corrected chi connectivity index (χ2v) is 9.60. The molecule has 3 aliphatic rings. The number of pyridine rings is 1. The van der Waals surface area contributed by atoms with Gasteiger partial charge in [-0.2, -0.15) is 5.26 Å². The highest BCUT2D eigenvalue weighted by atomic mass is 35.5. The van der Waals surface area contributed by atoms with E-state index < -0.39 is 5.82 Å². The molecule has 2 aliphatic heterocycles. The minimum atomic E-state index is -0.732. The van der Waals surface area contributed by atoms with Crippen molar-refractivity contribution in [2.24, 2.45) is 11.8 Å². The van der Waals surface area contributed by atoms with Gasteiger partial charge in [0, 0.05) is 42.6 Å². The molecular weight excluding hydrogens is 506 g/mol. The first-order chi connectivity index (χ1) is 17.3. The molecule has 184 valence electrons. The molecule has 1 amide bonds. The molecule has 2 aromatic carbocycles. The fraction of sp³-hybridized carbons (Fsp3) is 0.269. The van der Waals surface area contributed by atoms with Crippen molar-refractivity contribution in [3.63, 3.8) is 0 Å². The van der Waals surface area contributed by atoms with Crippen molar-refractivity contribution in [3.05, 3.63) is 64.5 Å². The molecule has 6 rings (SSSR count). The van der Waals surface area contributed by atoms with Crippen LogP contribution in [0.1, 0.15) is 12.0 Å². The lowest BCUT2D eigenvalue weighted by molar-refractivity contribution is -0.142. The summed E-state index contributed by atoms with van der Waals surface area (Å²) in [4.78, 5) is 18.2. The van der Waals surface area contributed by atoms with Crippen molar-refractivity contribution >= 4 is 51.4 Å². The number of carbonyl (C=O) groups is 1. The smallest absolute Gasteiger partial charge is 0.245 e. The van der Waals surface area contributed by atoms with Crippen LogP contribution in [0.3, 0.4) is 0 Å². The van der Waals surface area contributed by atoms with Crippen molar-refractivity contribution in [3.8, 4) is 17.6 Å². The Kier molecular flexibility index (Phi) is 6.37. The van der Waals surface area contributed by atoms with Crippen LogP contribution in [-0.2, 0) is 4.79 Å². The van der Waals surface area contributed by atoms with Crippen LogP contribution in [0.2, 0.25) is 10.0 Å². The fourth-order valence-corrected chi connectivity index (χ4v) is 5.23. The summed E-state index contributed by atoms with van der Waals surface area (Å²) < 4.78 is 26.8. The van der Waals surface area contributed by atoms with Crippen LogP contribution in [0.4, 0.5) is 15.8 Å². The van der Waals surface area contributed by atoms with E-state index in [1.807, 2.05) is 0 Å². The average molecular weight is 527 g/mol. The lowest BCUT2D eigenvalue weighted by Crippen LogP contribution is -2.61. The Morgan fingerprint density at radius 3 is 2.72 bits per heavy atom. The number of halogens is 3. The van der Waals surface area contributed by atoms with E-state index in [2.05, 4.69) is 22.9 Å². The molecule has 10 heteroatoms. The SMILES string of the molecule is C=CC(=O)N1C[C@H]2C[C@@H](C1)C2Oc1cc2c(Nc3ccc(Cl)c(Cl)c3F)c(C#N)cnc2cc1OC. The normalized spacial score (nSPS) is 20.3. The van der Waals surface area contributed by atoms with E-state index in [-0.39, 0.29) is 45.1 Å². The number of nitrogens with one attached hydrogen (secondary N) is 1. The number of carbonyl (C=O) groups excluding carboxylic acids is 1. The maximum absolute atomic E-state index is 14.8. The number of nitrogens with zero attached hydrogens (tertiary/aromatic N) is 3. The number of amides is 1. The molecular formula is C26H21Cl2FN4O3. The number of hydrogen-bond acceptors (Lipinski definition) is 6. The van der Waals surface area contributed by atoms with Crippen molar-refractivity contribution in [2.45, 2.75) is 12.5 Å². The van der Waals surface area contributed by atoms with Gasteiger partial charge in [-0.1, -0.05) is 29.8 Å². The third kappa shape index (κ3) is 4.08. The number of fused-ring (bicyclic) bond motifs is 3. The second kappa shape index (κ2) is 9.49. The van der Waals surface area contributed by atoms with Crippen LogP contribution in [0.25, 0.3) is 10.9 Å². The molecule has 1 saturated carbocycles. The third-order valence-electron chi connectivity index (χ3n) is 6.76. The molecule has 0 spiro atoms. The summed E-state index contributed by atoms with van der Waals surface area (Å²) in [5, 5.41) is 13.1. The van der Waals surface area contributed by atoms with Crippen molar-refractivity contribution in [1.29, 1.82) is 5.26 Å². The largest absolute Gasteiger partial charge is 0.493 e. The van der Waals surface area contributed by atoms with E-state index in [1.54, 1.807) is 17.0 Å².